The van der Waals surface area contributed by atoms with Gasteiger partial charge in [0.2, 0.25) is 11.8 Å². The van der Waals surface area contributed by atoms with E-state index in [1.54, 1.807) is 10.9 Å². The molecule has 6 nitrogen and oxygen atoms in total. The molecule has 0 aliphatic heterocycles. The molecule has 1 heterocycles. The number of hydrogen-bond acceptors (Lipinski definition) is 3. The summed E-state index contributed by atoms with van der Waals surface area (Å²) >= 11 is 0. The van der Waals surface area contributed by atoms with E-state index in [9.17, 15) is 9.59 Å². The van der Waals surface area contributed by atoms with Crippen LogP contribution in [0.15, 0.2) is 18.5 Å². The Balaban J connectivity index is 2.02. The van der Waals surface area contributed by atoms with E-state index in [4.69, 9.17) is 0 Å². The van der Waals surface area contributed by atoms with Crippen LogP contribution in [0.1, 0.15) is 13.3 Å². The zero-order valence-corrected chi connectivity index (χ0v) is 9.27. The van der Waals surface area contributed by atoms with Gasteiger partial charge in [-0.1, -0.05) is 0 Å². The van der Waals surface area contributed by atoms with Crippen molar-refractivity contribution in [2.24, 2.45) is 0 Å². The van der Waals surface area contributed by atoms with Crippen molar-refractivity contribution < 1.29 is 9.59 Å². The van der Waals surface area contributed by atoms with E-state index in [2.05, 4.69) is 15.7 Å². The van der Waals surface area contributed by atoms with Crippen molar-refractivity contribution in [3.8, 4) is 0 Å². The highest BCUT2D eigenvalue weighted by Crippen LogP contribution is 1.87. The fourth-order valence-electron chi connectivity index (χ4n) is 1.17. The Kier molecular flexibility index (Phi) is 5.04. The third-order valence-electron chi connectivity index (χ3n) is 1.94. The second-order valence-electron chi connectivity index (χ2n) is 3.38. The number of carbonyl (C=O) groups is 2. The minimum absolute atomic E-state index is 0.0388. The second kappa shape index (κ2) is 6.60. The number of aromatic nitrogens is 2. The third kappa shape index (κ3) is 5.14. The van der Waals surface area contributed by atoms with Gasteiger partial charge in [-0.05, 0) is 12.5 Å². The topological polar surface area (TPSA) is 76.0 Å². The molecule has 0 fully saturated rings. The number of amides is 2. The molecule has 0 aromatic carbocycles. The summed E-state index contributed by atoms with van der Waals surface area (Å²) in [6.45, 7) is 2.77. The lowest BCUT2D eigenvalue weighted by Gasteiger charge is -2.05. The molecule has 0 radical (unpaired) electrons. The average molecular weight is 224 g/mol. The molecule has 16 heavy (non-hydrogen) atoms. The van der Waals surface area contributed by atoms with Crippen molar-refractivity contribution in [3.05, 3.63) is 18.5 Å². The third-order valence-corrected chi connectivity index (χ3v) is 1.94. The maximum atomic E-state index is 11.2. The standard InChI is InChI=1S/C10H16N4O2/c1-9(15)12-8-10(16)11-4-2-6-14-7-3-5-13-14/h3,5,7H,2,4,6,8H2,1H3,(H,11,16)(H,12,15). The molecule has 2 N–H and O–H groups in total. The molecule has 6 heteroatoms. The summed E-state index contributed by atoms with van der Waals surface area (Å²) in [6.07, 6.45) is 4.40. The van der Waals surface area contributed by atoms with Crippen LogP contribution in [-0.2, 0) is 16.1 Å². The summed E-state index contributed by atoms with van der Waals surface area (Å²) in [6, 6.07) is 1.86. The zero-order valence-electron chi connectivity index (χ0n) is 9.27. The van der Waals surface area contributed by atoms with Gasteiger partial charge in [-0.15, -0.1) is 0 Å². The first-order valence-corrected chi connectivity index (χ1v) is 5.17. The number of nitrogens with zero attached hydrogens (tertiary/aromatic N) is 2. The molecule has 0 spiro atoms. The lowest BCUT2D eigenvalue weighted by atomic mass is 10.4. The molecular weight excluding hydrogens is 208 g/mol. The molecule has 1 rings (SSSR count). The SMILES string of the molecule is CC(=O)NCC(=O)NCCCn1cccn1. The number of carbonyl (C=O) groups excluding carboxylic acids is 2. The van der Waals surface area contributed by atoms with Gasteiger partial charge in [0.05, 0.1) is 6.54 Å². The zero-order chi connectivity index (χ0) is 11.8. The minimum Gasteiger partial charge on any atom is -0.355 e. The van der Waals surface area contributed by atoms with Crippen molar-refractivity contribution in [1.82, 2.24) is 20.4 Å². The van der Waals surface area contributed by atoms with E-state index in [-0.39, 0.29) is 18.4 Å². The lowest BCUT2D eigenvalue weighted by Crippen LogP contribution is -2.36. The van der Waals surface area contributed by atoms with Gasteiger partial charge in [0, 0.05) is 32.4 Å². The highest BCUT2D eigenvalue weighted by atomic mass is 16.2. The highest BCUT2D eigenvalue weighted by Gasteiger charge is 2.00. The number of rotatable bonds is 6. The van der Waals surface area contributed by atoms with Crippen LogP contribution in [-0.4, -0.2) is 34.7 Å². The van der Waals surface area contributed by atoms with E-state index in [1.165, 1.54) is 6.92 Å². The maximum Gasteiger partial charge on any atom is 0.239 e. The summed E-state index contributed by atoms with van der Waals surface area (Å²) in [4.78, 5) is 21.7. The molecule has 0 saturated heterocycles. The van der Waals surface area contributed by atoms with Crippen molar-refractivity contribution in [1.29, 1.82) is 0 Å². The summed E-state index contributed by atoms with van der Waals surface area (Å²) in [5.41, 5.74) is 0. The fourth-order valence-corrected chi connectivity index (χ4v) is 1.17. The number of nitrogens with one attached hydrogen (secondary N) is 2. The summed E-state index contributed by atoms with van der Waals surface area (Å²) < 4.78 is 1.81. The first kappa shape index (κ1) is 12.2. The fraction of sp³-hybridized carbons (Fsp3) is 0.500. The van der Waals surface area contributed by atoms with Crippen molar-refractivity contribution in [3.63, 3.8) is 0 Å². The van der Waals surface area contributed by atoms with Gasteiger partial charge in [-0.25, -0.2) is 0 Å². The molecule has 2 amide bonds. The van der Waals surface area contributed by atoms with Crippen LogP contribution < -0.4 is 10.6 Å². The van der Waals surface area contributed by atoms with E-state index in [1.807, 2.05) is 12.3 Å². The van der Waals surface area contributed by atoms with Gasteiger partial charge in [-0.2, -0.15) is 5.10 Å². The normalized spacial score (nSPS) is 9.81. The first-order valence-electron chi connectivity index (χ1n) is 5.17. The van der Waals surface area contributed by atoms with Gasteiger partial charge < -0.3 is 10.6 Å². The molecule has 0 unspecified atom stereocenters. The number of aryl methyl sites for hydroxylation is 1. The average Bonchev–Trinajstić information content (AvgIpc) is 2.74. The van der Waals surface area contributed by atoms with Crippen molar-refractivity contribution in [2.45, 2.75) is 19.9 Å². The van der Waals surface area contributed by atoms with E-state index >= 15 is 0 Å². The van der Waals surface area contributed by atoms with Gasteiger partial charge in [0.1, 0.15) is 0 Å². The van der Waals surface area contributed by atoms with Crippen LogP contribution in [0.2, 0.25) is 0 Å². The Morgan fingerprint density at radius 2 is 2.19 bits per heavy atom. The molecule has 0 saturated carbocycles. The Morgan fingerprint density at radius 3 is 2.81 bits per heavy atom. The van der Waals surface area contributed by atoms with Crippen molar-refractivity contribution in [2.75, 3.05) is 13.1 Å². The molecule has 0 bridgehead atoms. The minimum atomic E-state index is -0.202. The Morgan fingerprint density at radius 1 is 1.38 bits per heavy atom. The molecule has 0 atom stereocenters. The largest absolute Gasteiger partial charge is 0.355 e. The monoisotopic (exact) mass is 224 g/mol. The predicted octanol–water partition coefficient (Wildman–Crippen LogP) is -0.474. The van der Waals surface area contributed by atoms with E-state index in [0.29, 0.717) is 6.54 Å². The van der Waals surface area contributed by atoms with Crippen LogP contribution in [0.5, 0.6) is 0 Å². The quantitative estimate of drug-likeness (QED) is 0.641. The van der Waals surface area contributed by atoms with Crippen LogP contribution in [0, 0.1) is 0 Å². The van der Waals surface area contributed by atoms with Crippen LogP contribution in [0.25, 0.3) is 0 Å². The highest BCUT2D eigenvalue weighted by molar-refractivity contribution is 5.83. The maximum absolute atomic E-state index is 11.2. The molecule has 1 aromatic rings. The lowest BCUT2D eigenvalue weighted by molar-refractivity contribution is -0.125. The summed E-state index contributed by atoms with van der Waals surface area (Å²) in [5, 5.41) is 9.18. The van der Waals surface area contributed by atoms with Crippen LogP contribution in [0.3, 0.4) is 0 Å². The van der Waals surface area contributed by atoms with E-state index < -0.39 is 0 Å². The van der Waals surface area contributed by atoms with Crippen molar-refractivity contribution >= 4 is 11.8 Å². The smallest absolute Gasteiger partial charge is 0.239 e. The first-order chi connectivity index (χ1) is 7.68. The Hall–Kier alpha value is -1.85. The molecule has 1 aromatic heterocycles. The summed E-state index contributed by atoms with van der Waals surface area (Å²) in [5.74, 6) is -0.373. The predicted molar refractivity (Wildman–Crippen MR) is 58.5 cm³/mol. The number of hydrogen-bond donors (Lipinski definition) is 2. The molecular formula is C10H16N4O2. The second-order valence-corrected chi connectivity index (χ2v) is 3.38. The van der Waals surface area contributed by atoms with Gasteiger partial charge in [0.25, 0.3) is 0 Å². The van der Waals surface area contributed by atoms with Gasteiger partial charge in [0.15, 0.2) is 0 Å². The Bertz CT molecular complexity index is 335. The van der Waals surface area contributed by atoms with Crippen LogP contribution in [0.4, 0.5) is 0 Å². The molecule has 0 aliphatic rings. The molecule has 88 valence electrons. The van der Waals surface area contributed by atoms with Crippen LogP contribution >= 0.6 is 0 Å². The summed E-state index contributed by atoms with van der Waals surface area (Å²) in [7, 11) is 0. The van der Waals surface area contributed by atoms with E-state index in [0.717, 1.165) is 13.0 Å². The van der Waals surface area contributed by atoms with Gasteiger partial charge >= 0.3 is 0 Å². The Labute approximate surface area is 94.0 Å². The molecule has 0 aliphatic carbocycles. The van der Waals surface area contributed by atoms with Gasteiger partial charge in [-0.3, -0.25) is 14.3 Å².